The van der Waals surface area contributed by atoms with Crippen LogP contribution in [0.3, 0.4) is 0 Å². The van der Waals surface area contributed by atoms with Crippen LogP contribution in [0.15, 0.2) is 41.3 Å². The Labute approximate surface area is 179 Å². The summed E-state index contributed by atoms with van der Waals surface area (Å²) in [5.41, 5.74) is 0.877. The molecule has 0 saturated carbocycles. The van der Waals surface area contributed by atoms with Crippen LogP contribution in [0.2, 0.25) is 0 Å². The van der Waals surface area contributed by atoms with Crippen LogP contribution in [0, 0.1) is 17.5 Å². The molecule has 0 aliphatic carbocycles. The highest BCUT2D eigenvalue weighted by Gasteiger charge is 2.13. The van der Waals surface area contributed by atoms with Crippen LogP contribution in [-0.2, 0) is 17.5 Å². The minimum absolute atomic E-state index is 0.0882. The van der Waals surface area contributed by atoms with Gasteiger partial charge in [0.25, 0.3) is 0 Å². The van der Waals surface area contributed by atoms with Crippen molar-refractivity contribution in [3.63, 3.8) is 0 Å². The summed E-state index contributed by atoms with van der Waals surface area (Å²) >= 11 is 1.26. The predicted octanol–water partition coefficient (Wildman–Crippen LogP) is 5.27. The maximum absolute atomic E-state index is 14.2. The van der Waals surface area contributed by atoms with Crippen LogP contribution in [0.1, 0.15) is 36.8 Å². The molecule has 2 rings (SSSR count). The summed E-state index contributed by atoms with van der Waals surface area (Å²) in [7, 11) is -4.03. The lowest BCUT2D eigenvalue weighted by molar-refractivity contribution is 0.371. The van der Waals surface area contributed by atoms with E-state index in [2.05, 4.69) is 5.32 Å². The van der Waals surface area contributed by atoms with Gasteiger partial charge in [0.1, 0.15) is 17.5 Å². The molecule has 2 aromatic carbocycles. The third-order valence-corrected chi connectivity index (χ3v) is 6.54. The maximum Gasteiger partial charge on any atom is 0.325 e. The summed E-state index contributed by atoms with van der Waals surface area (Å²) < 4.78 is 52.8. The highest BCUT2D eigenvalue weighted by atomic mass is 32.2. The number of benzene rings is 2. The van der Waals surface area contributed by atoms with Crippen molar-refractivity contribution in [2.45, 2.75) is 43.5 Å². The molecule has 0 spiro atoms. The third kappa shape index (κ3) is 9.23. The largest absolute Gasteiger partial charge is 0.325 e. The average molecular weight is 461 g/mol. The smallest absolute Gasteiger partial charge is 0.324 e. The van der Waals surface area contributed by atoms with E-state index in [0.717, 1.165) is 25.3 Å². The summed E-state index contributed by atoms with van der Waals surface area (Å²) in [5.74, 6) is -0.547. The fraction of sp³-hybridized carbons (Fsp3) is 0.429. The zero-order valence-electron chi connectivity index (χ0n) is 16.6. The molecule has 30 heavy (non-hydrogen) atoms. The third-order valence-electron chi connectivity index (χ3n) is 4.53. The second-order valence-corrected chi connectivity index (χ2v) is 9.96. The van der Waals surface area contributed by atoms with E-state index in [1.807, 2.05) is 6.07 Å². The van der Waals surface area contributed by atoms with Gasteiger partial charge in [0.05, 0.1) is 6.16 Å². The highest BCUT2D eigenvalue weighted by Crippen LogP contribution is 2.34. The number of hydrogen-bond acceptors (Lipinski definition) is 3. The van der Waals surface area contributed by atoms with Crippen LogP contribution in [-0.4, -0.2) is 28.2 Å². The van der Waals surface area contributed by atoms with Gasteiger partial charge in [-0.15, -0.1) is 11.8 Å². The number of hydrogen-bond donors (Lipinski definition) is 3. The van der Waals surface area contributed by atoms with E-state index in [-0.39, 0.29) is 35.4 Å². The molecule has 0 aliphatic rings. The first-order chi connectivity index (χ1) is 14.3. The summed E-state index contributed by atoms with van der Waals surface area (Å²) in [5, 5.41) is 2.86. The van der Waals surface area contributed by atoms with Gasteiger partial charge >= 0.3 is 7.60 Å². The van der Waals surface area contributed by atoms with Crippen LogP contribution >= 0.6 is 19.4 Å². The van der Waals surface area contributed by atoms with Crippen molar-refractivity contribution >= 4 is 19.4 Å². The molecule has 0 bridgehead atoms. The molecule has 0 fully saturated rings. The second kappa shape index (κ2) is 12.5. The SMILES string of the molecule is O=P(O)(O)CCCNCc1cc(F)c(SCCCCCc2ccccc2F)cc1F. The van der Waals surface area contributed by atoms with Gasteiger partial charge in [0, 0.05) is 17.0 Å². The molecule has 0 radical (unpaired) electrons. The molecule has 0 saturated heterocycles. The van der Waals surface area contributed by atoms with E-state index in [1.165, 1.54) is 23.9 Å². The van der Waals surface area contributed by atoms with Gasteiger partial charge in [0.15, 0.2) is 0 Å². The lowest BCUT2D eigenvalue weighted by Gasteiger charge is -2.10. The Morgan fingerprint density at radius 3 is 2.40 bits per heavy atom. The predicted molar refractivity (Wildman–Crippen MR) is 114 cm³/mol. The zero-order valence-corrected chi connectivity index (χ0v) is 18.3. The lowest BCUT2D eigenvalue weighted by Crippen LogP contribution is -2.17. The van der Waals surface area contributed by atoms with E-state index in [4.69, 9.17) is 9.79 Å². The summed E-state index contributed by atoms with van der Waals surface area (Å²) in [6.45, 7) is 0.389. The number of unbranched alkanes of at least 4 members (excludes halogenated alkanes) is 2. The molecule has 0 atom stereocenters. The molecule has 3 N–H and O–H groups in total. The summed E-state index contributed by atoms with van der Waals surface area (Å²) in [4.78, 5) is 17.8. The first-order valence-corrected chi connectivity index (χ1v) is 12.6. The molecular weight excluding hydrogens is 434 g/mol. The Morgan fingerprint density at radius 2 is 1.67 bits per heavy atom. The van der Waals surface area contributed by atoms with E-state index in [9.17, 15) is 17.7 Å². The van der Waals surface area contributed by atoms with E-state index < -0.39 is 19.2 Å². The lowest BCUT2D eigenvalue weighted by atomic mass is 10.1. The minimum atomic E-state index is -4.03. The quantitative estimate of drug-likeness (QED) is 0.216. The number of rotatable bonds is 13. The zero-order chi connectivity index (χ0) is 22.0. The number of thioether (sulfide) groups is 1. The van der Waals surface area contributed by atoms with E-state index in [0.29, 0.717) is 24.3 Å². The van der Waals surface area contributed by atoms with Gasteiger partial charge in [-0.05, 0) is 61.7 Å². The van der Waals surface area contributed by atoms with Gasteiger partial charge in [-0.2, -0.15) is 0 Å². The van der Waals surface area contributed by atoms with Crippen molar-refractivity contribution in [2.75, 3.05) is 18.5 Å². The number of aryl methyl sites for hydroxylation is 1. The van der Waals surface area contributed by atoms with Crippen LogP contribution in [0.5, 0.6) is 0 Å². The fourth-order valence-electron chi connectivity index (χ4n) is 2.93. The van der Waals surface area contributed by atoms with Crippen molar-refractivity contribution in [1.82, 2.24) is 5.32 Å². The van der Waals surface area contributed by atoms with Crippen molar-refractivity contribution < 1.29 is 27.5 Å². The molecule has 0 heterocycles. The van der Waals surface area contributed by atoms with Gasteiger partial charge in [0.2, 0.25) is 0 Å². The molecule has 166 valence electrons. The standard InChI is InChI=1S/C21H27F3NO3PS/c22-18-9-4-3-8-16(18)7-2-1-5-12-30-21-14-19(23)17(13-20(21)24)15-25-10-6-11-29(26,27)28/h3-4,8-9,13-14,25H,1-2,5-7,10-12,15H2,(H2,26,27,28). The van der Waals surface area contributed by atoms with E-state index >= 15 is 0 Å². The highest BCUT2D eigenvalue weighted by molar-refractivity contribution is 7.99. The van der Waals surface area contributed by atoms with Crippen LogP contribution < -0.4 is 5.32 Å². The van der Waals surface area contributed by atoms with E-state index in [1.54, 1.807) is 12.1 Å². The average Bonchev–Trinajstić information content (AvgIpc) is 2.67. The monoisotopic (exact) mass is 461 g/mol. The molecular formula is C21H27F3NO3PS. The molecule has 2 aromatic rings. The Morgan fingerprint density at radius 1 is 0.900 bits per heavy atom. The second-order valence-electron chi connectivity index (χ2n) is 7.04. The Hall–Kier alpha value is -1.31. The van der Waals surface area contributed by atoms with Gasteiger partial charge in [-0.25, -0.2) is 13.2 Å². The van der Waals surface area contributed by atoms with Gasteiger partial charge in [-0.1, -0.05) is 24.6 Å². The first-order valence-electron chi connectivity index (χ1n) is 9.85. The Kier molecular flexibility index (Phi) is 10.4. The van der Waals surface area contributed by atoms with Crippen molar-refractivity contribution in [3.05, 3.63) is 65.0 Å². The van der Waals surface area contributed by atoms with Gasteiger partial charge < -0.3 is 15.1 Å². The molecule has 0 aliphatic heterocycles. The van der Waals surface area contributed by atoms with Crippen molar-refractivity contribution in [2.24, 2.45) is 0 Å². The minimum Gasteiger partial charge on any atom is -0.324 e. The Bertz CT molecular complexity index is 863. The van der Waals surface area contributed by atoms with Gasteiger partial charge in [-0.3, -0.25) is 4.57 Å². The number of nitrogens with one attached hydrogen (secondary N) is 1. The number of halogens is 3. The Balaban J connectivity index is 1.69. The van der Waals surface area contributed by atoms with Crippen molar-refractivity contribution in [1.29, 1.82) is 0 Å². The van der Waals surface area contributed by atoms with Crippen LogP contribution in [0.4, 0.5) is 13.2 Å². The topological polar surface area (TPSA) is 69.6 Å². The molecule has 0 unspecified atom stereocenters. The van der Waals surface area contributed by atoms with Crippen LogP contribution in [0.25, 0.3) is 0 Å². The van der Waals surface area contributed by atoms with Crippen molar-refractivity contribution in [3.8, 4) is 0 Å². The molecule has 4 nitrogen and oxygen atoms in total. The molecule has 9 heteroatoms. The fourth-order valence-corrected chi connectivity index (χ4v) is 4.45. The summed E-state index contributed by atoms with van der Waals surface area (Å²) in [6.07, 6.45) is 3.21. The maximum atomic E-state index is 14.2. The first kappa shape index (κ1) is 25.0. The molecule has 0 aromatic heterocycles. The normalized spacial score (nSPS) is 11.8. The molecule has 0 amide bonds. The summed E-state index contributed by atoms with van der Waals surface area (Å²) in [6, 6.07) is 9.04.